The van der Waals surface area contributed by atoms with E-state index >= 15 is 0 Å². The van der Waals surface area contributed by atoms with Crippen LogP contribution in [0, 0.1) is 6.92 Å². The zero-order valence-corrected chi connectivity index (χ0v) is 11.6. The van der Waals surface area contributed by atoms with Crippen molar-refractivity contribution in [3.63, 3.8) is 0 Å². The zero-order chi connectivity index (χ0) is 13.2. The number of rotatable bonds is 4. The Balaban J connectivity index is 1.53. The van der Waals surface area contributed by atoms with Gasteiger partial charge < -0.3 is 5.32 Å². The molecule has 1 N–H and O–H groups in total. The van der Waals surface area contributed by atoms with Crippen LogP contribution in [-0.2, 0) is 6.54 Å². The Kier molecular flexibility index (Phi) is 3.28. The van der Waals surface area contributed by atoms with Gasteiger partial charge in [0.2, 0.25) is 0 Å². The van der Waals surface area contributed by atoms with Crippen molar-refractivity contribution in [3.05, 3.63) is 47.8 Å². The fourth-order valence-electron chi connectivity index (χ4n) is 2.69. The highest BCUT2D eigenvalue weighted by atomic mass is 15.3. The van der Waals surface area contributed by atoms with Crippen molar-refractivity contribution < 1.29 is 0 Å². The average Bonchev–Trinajstić information content (AvgIpc) is 2.82. The molecule has 0 aliphatic heterocycles. The van der Waals surface area contributed by atoms with Crippen LogP contribution in [0.2, 0.25) is 0 Å². The van der Waals surface area contributed by atoms with Crippen LogP contribution in [0.3, 0.4) is 0 Å². The molecule has 1 fully saturated rings. The maximum atomic E-state index is 4.29. The lowest BCUT2D eigenvalue weighted by atomic mass is 9.75. The molecule has 1 aromatic carbocycles. The van der Waals surface area contributed by atoms with E-state index in [9.17, 15) is 0 Å². The number of hydrogen-bond donors (Lipinski definition) is 1. The third kappa shape index (κ3) is 2.65. The fraction of sp³-hybridized carbons (Fsp3) is 0.438. The van der Waals surface area contributed by atoms with E-state index in [-0.39, 0.29) is 0 Å². The van der Waals surface area contributed by atoms with E-state index < -0.39 is 0 Å². The minimum atomic E-state index is 0.598. The van der Waals surface area contributed by atoms with Crippen molar-refractivity contribution >= 4 is 5.69 Å². The predicted molar refractivity (Wildman–Crippen MR) is 78.5 cm³/mol. The van der Waals surface area contributed by atoms with Crippen LogP contribution in [0.5, 0.6) is 0 Å². The van der Waals surface area contributed by atoms with E-state index in [4.69, 9.17) is 0 Å². The minimum Gasteiger partial charge on any atom is -0.380 e. The van der Waals surface area contributed by atoms with Crippen LogP contribution in [-0.4, -0.2) is 15.8 Å². The van der Waals surface area contributed by atoms with Crippen molar-refractivity contribution in [1.29, 1.82) is 0 Å². The summed E-state index contributed by atoms with van der Waals surface area (Å²) in [5, 5.41) is 7.85. The number of aryl methyl sites for hydroxylation is 2. The normalized spacial score (nSPS) is 22.0. The van der Waals surface area contributed by atoms with Gasteiger partial charge in [-0.15, -0.1) is 0 Å². The second-order valence-corrected chi connectivity index (χ2v) is 5.50. The summed E-state index contributed by atoms with van der Waals surface area (Å²) in [7, 11) is 0. The summed E-state index contributed by atoms with van der Waals surface area (Å²) < 4.78 is 1.96. The molecule has 1 saturated carbocycles. The fourth-order valence-corrected chi connectivity index (χ4v) is 2.69. The smallest absolute Gasteiger partial charge is 0.0728 e. The highest BCUT2D eigenvalue weighted by molar-refractivity contribution is 5.41. The Labute approximate surface area is 114 Å². The van der Waals surface area contributed by atoms with Crippen molar-refractivity contribution in [2.45, 2.75) is 45.2 Å². The topological polar surface area (TPSA) is 29.9 Å². The number of anilines is 1. The van der Waals surface area contributed by atoms with Gasteiger partial charge in [-0.2, -0.15) is 5.10 Å². The molecule has 0 amide bonds. The first kappa shape index (κ1) is 12.3. The third-order valence-electron chi connectivity index (χ3n) is 4.01. The maximum Gasteiger partial charge on any atom is 0.0728 e. The monoisotopic (exact) mass is 255 g/mol. The zero-order valence-electron chi connectivity index (χ0n) is 11.6. The largest absolute Gasteiger partial charge is 0.380 e. The average molecular weight is 255 g/mol. The summed E-state index contributed by atoms with van der Waals surface area (Å²) in [6, 6.07) is 9.56. The molecule has 2 aromatic rings. The van der Waals surface area contributed by atoms with Crippen LogP contribution in [0.1, 0.15) is 36.8 Å². The summed E-state index contributed by atoms with van der Waals surface area (Å²) in [6.07, 6.45) is 6.45. The number of aromatic nitrogens is 2. The lowest BCUT2D eigenvalue weighted by Crippen LogP contribution is -2.33. The van der Waals surface area contributed by atoms with E-state index in [0.29, 0.717) is 6.04 Å². The van der Waals surface area contributed by atoms with Gasteiger partial charge in [0.1, 0.15) is 0 Å². The molecule has 1 aliphatic rings. The third-order valence-corrected chi connectivity index (χ3v) is 4.01. The van der Waals surface area contributed by atoms with Gasteiger partial charge in [-0.05, 0) is 38.2 Å². The number of benzene rings is 1. The van der Waals surface area contributed by atoms with Gasteiger partial charge in [-0.3, -0.25) is 4.68 Å². The molecular formula is C16H21N3. The SMILES string of the molecule is CCn1cc(NC2CC(c3ccc(C)cc3)C2)cn1. The van der Waals surface area contributed by atoms with Crippen LogP contribution < -0.4 is 5.32 Å². The number of nitrogens with zero attached hydrogens (tertiary/aromatic N) is 2. The van der Waals surface area contributed by atoms with Crippen molar-refractivity contribution in [2.75, 3.05) is 5.32 Å². The molecule has 1 heterocycles. The molecule has 100 valence electrons. The van der Waals surface area contributed by atoms with Gasteiger partial charge in [0.25, 0.3) is 0 Å². The molecule has 0 saturated heterocycles. The second-order valence-electron chi connectivity index (χ2n) is 5.50. The first-order chi connectivity index (χ1) is 9.24. The van der Waals surface area contributed by atoms with Gasteiger partial charge in [0.05, 0.1) is 11.9 Å². The van der Waals surface area contributed by atoms with Gasteiger partial charge in [0, 0.05) is 18.8 Å². The van der Waals surface area contributed by atoms with Crippen LogP contribution >= 0.6 is 0 Å². The first-order valence-electron chi connectivity index (χ1n) is 7.10. The van der Waals surface area contributed by atoms with E-state index in [2.05, 4.69) is 54.7 Å². The summed E-state index contributed by atoms with van der Waals surface area (Å²) in [5.41, 5.74) is 3.96. The Hall–Kier alpha value is -1.77. The molecular weight excluding hydrogens is 234 g/mol. The molecule has 0 radical (unpaired) electrons. The van der Waals surface area contributed by atoms with Crippen molar-refractivity contribution in [3.8, 4) is 0 Å². The molecule has 0 unspecified atom stereocenters. The van der Waals surface area contributed by atoms with E-state index in [1.807, 2.05) is 10.9 Å². The van der Waals surface area contributed by atoms with Crippen LogP contribution in [0.15, 0.2) is 36.7 Å². The van der Waals surface area contributed by atoms with Gasteiger partial charge in [-0.25, -0.2) is 0 Å². The maximum absolute atomic E-state index is 4.29. The molecule has 0 atom stereocenters. The highest BCUT2D eigenvalue weighted by Crippen LogP contribution is 2.38. The molecule has 3 nitrogen and oxygen atoms in total. The van der Waals surface area contributed by atoms with Gasteiger partial charge >= 0.3 is 0 Å². The van der Waals surface area contributed by atoms with E-state index in [0.717, 1.165) is 18.2 Å². The summed E-state index contributed by atoms with van der Waals surface area (Å²) in [6.45, 7) is 5.17. The predicted octanol–water partition coefficient (Wildman–Crippen LogP) is 3.57. The Morgan fingerprint density at radius 3 is 2.63 bits per heavy atom. The van der Waals surface area contributed by atoms with Crippen LogP contribution in [0.25, 0.3) is 0 Å². The Bertz CT molecular complexity index is 535. The minimum absolute atomic E-state index is 0.598. The van der Waals surface area contributed by atoms with E-state index in [1.165, 1.54) is 24.0 Å². The lowest BCUT2D eigenvalue weighted by molar-refractivity contribution is 0.374. The lowest BCUT2D eigenvalue weighted by Gasteiger charge is -2.36. The molecule has 3 rings (SSSR count). The quantitative estimate of drug-likeness (QED) is 0.905. The Morgan fingerprint density at radius 1 is 1.26 bits per heavy atom. The first-order valence-corrected chi connectivity index (χ1v) is 7.10. The second kappa shape index (κ2) is 5.08. The summed E-state index contributed by atoms with van der Waals surface area (Å²) in [4.78, 5) is 0. The van der Waals surface area contributed by atoms with Crippen LogP contribution in [0.4, 0.5) is 5.69 Å². The Morgan fingerprint density at radius 2 is 2.00 bits per heavy atom. The molecule has 19 heavy (non-hydrogen) atoms. The summed E-state index contributed by atoms with van der Waals surface area (Å²) in [5.74, 6) is 0.722. The highest BCUT2D eigenvalue weighted by Gasteiger charge is 2.30. The van der Waals surface area contributed by atoms with Gasteiger partial charge in [0.15, 0.2) is 0 Å². The standard InChI is InChI=1S/C16H21N3/c1-3-19-11-16(10-17-19)18-15-8-14(9-15)13-6-4-12(2)5-7-13/h4-7,10-11,14-15,18H,3,8-9H2,1-2H3. The summed E-state index contributed by atoms with van der Waals surface area (Å²) >= 11 is 0. The number of nitrogens with one attached hydrogen (secondary N) is 1. The molecule has 0 bridgehead atoms. The van der Waals surface area contributed by atoms with Crippen molar-refractivity contribution in [2.24, 2.45) is 0 Å². The van der Waals surface area contributed by atoms with E-state index in [1.54, 1.807) is 0 Å². The molecule has 0 spiro atoms. The van der Waals surface area contributed by atoms with Crippen molar-refractivity contribution in [1.82, 2.24) is 9.78 Å². The molecule has 3 heteroatoms. The molecule has 1 aromatic heterocycles. The van der Waals surface area contributed by atoms with Gasteiger partial charge in [-0.1, -0.05) is 29.8 Å². The number of hydrogen-bond acceptors (Lipinski definition) is 2. The molecule has 1 aliphatic carbocycles.